The smallest absolute Gasteiger partial charge is 0.162 e. The number of hydrogen-bond donors (Lipinski definition) is 2. The van der Waals surface area contributed by atoms with Crippen molar-refractivity contribution in [2.24, 2.45) is 0 Å². The molecular formula is C22H29NO3. The van der Waals surface area contributed by atoms with Crippen molar-refractivity contribution in [3.05, 3.63) is 53.1 Å². The molecule has 140 valence electrons. The van der Waals surface area contributed by atoms with E-state index in [1.807, 2.05) is 18.2 Å². The molecule has 0 saturated carbocycles. The second-order valence-electron chi connectivity index (χ2n) is 8.15. The Morgan fingerprint density at radius 3 is 2.42 bits per heavy atom. The minimum absolute atomic E-state index is 0.00150. The number of methoxy groups -OCH3 is 1. The van der Waals surface area contributed by atoms with Gasteiger partial charge >= 0.3 is 0 Å². The Hall–Kier alpha value is -2.20. The van der Waals surface area contributed by atoms with Crippen molar-refractivity contribution in [1.29, 1.82) is 0 Å². The summed E-state index contributed by atoms with van der Waals surface area (Å²) >= 11 is 0. The van der Waals surface area contributed by atoms with E-state index in [1.54, 1.807) is 13.2 Å². The third-order valence-corrected chi connectivity index (χ3v) is 5.27. The van der Waals surface area contributed by atoms with Gasteiger partial charge in [0.05, 0.1) is 7.11 Å². The zero-order valence-electron chi connectivity index (χ0n) is 16.1. The quantitative estimate of drug-likeness (QED) is 0.778. The van der Waals surface area contributed by atoms with Crippen LogP contribution in [0.25, 0.3) is 0 Å². The number of benzene rings is 2. The van der Waals surface area contributed by atoms with E-state index in [9.17, 15) is 10.2 Å². The number of rotatable bonds is 4. The van der Waals surface area contributed by atoms with Crippen molar-refractivity contribution < 1.29 is 14.9 Å². The van der Waals surface area contributed by atoms with Gasteiger partial charge in [0.25, 0.3) is 0 Å². The lowest BCUT2D eigenvalue weighted by Crippen LogP contribution is -2.23. The normalized spacial score (nSPS) is 18.2. The molecule has 3 rings (SSSR count). The average Bonchev–Trinajstić information content (AvgIpc) is 3.06. The molecule has 1 saturated heterocycles. The molecule has 1 fully saturated rings. The maximum absolute atomic E-state index is 10.4. The van der Waals surface area contributed by atoms with E-state index in [1.165, 1.54) is 5.56 Å². The van der Waals surface area contributed by atoms with E-state index < -0.39 is 0 Å². The Morgan fingerprint density at radius 2 is 1.81 bits per heavy atom. The number of hydrogen-bond acceptors (Lipinski definition) is 4. The van der Waals surface area contributed by atoms with Crippen molar-refractivity contribution >= 4 is 0 Å². The molecule has 1 atom stereocenters. The van der Waals surface area contributed by atoms with Gasteiger partial charge in [-0.25, -0.2) is 0 Å². The summed E-state index contributed by atoms with van der Waals surface area (Å²) in [7, 11) is 1.67. The highest BCUT2D eigenvalue weighted by Crippen LogP contribution is 2.39. The molecule has 1 aliphatic rings. The number of phenols is 2. The molecule has 1 unspecified atom stereocenters. The second-order valence-corrected chi connectivity index (χ2v) is 8.15. The lowest BCUT2D eigenvalue weighted by atomic mass is 9.85. The number of aromatic hydroxyl groups is 2. The molecule has 0 aromatic heterocycles. The molecule has 26 heavy (non-hydrogen) atoms. The minimum atomic E-state index is -0.0830. The third-order valence-electron chi connectivity index (χ3n) is 5.27. The summed E-state index contributed by atoms with van der Waals surface area (Å²) in [5, 5.41) is 20.6. The first-order chi connectivity index (χ1) is 12.3. The molecule has 2 aromatic carbocycles. The lowest BCUT2D eigenvalue weighted by molar-refractivity contribution is 0.244. The van der Waals surface area contributed by atoms with Crippen LogP contribution in [0, 0.1) is 0 Å². The van der Waals surface area contributed by atoms with Crippen LogP contribution in [-0.4, -0.2) is 28.8 Å². The summed E-state index contributed by atoms with van der Waals surface area (Å²) in [6.45, 7) is 7.94. The third kappa shape index (κ3) is 3.80. The van der Waals surface area contributed by atoms with Gasteiger partial charge in [0.2, 0.25) is 0 Å². The molecule has 0 bridgehead atoms. The van der Waals surface area contributed by atoms with E-state index in [2.05, 4.69) is 37.8 Å². The van der Waals surface area contributed by atoms with Crippen LogP contribution in [0.5, 0.6) is 17.2 Å². The second kappa shape index (κ2) is 7.20. The van der Waals surface area contributed by atoms with Gasteiger partial charge in [-0.3, -0.25) is 4.90 Å². The topological polar surface area (TPSA) is 52.9 Å². The molecule has 0 spiro atoms. The first-order valence-electron chi connectivity index (χ1n) is 9.23. The molecule has 2 aromatic rings. The van der Waals surface area contributed by atoms with Crippen LogP contribution in [0.4, 0.5) is 0 Å². The summed E-state index contributed by atoms with van der Waals surface area (Å²) in [6.07, 6.45) is 2.22. The van der Waals surface area contributed by atoms with Gasteiger partial charge in [0, 0.05) is 18.2 Å². The van der Waals surface area contributed by atoms with Gasteiger partial charge in [-0.1, -0.05) is 39.0 Å². The van der Waals surface area contributed by atoms with Crippen LogP contribution < -0.4 is 4.74 Å². The largest absolute Gasteiger partial charge is 0.504 e. The van der Waals surface area contributed by atoms with Crippen LogP contribution in [0.15, 0.2) is 36.4 Å². The van der Waals surface area contributed by atoms with Crippen molar-refractivity contribution in [2.75, 3.05) is 13.7 Å². The van der Waals surface area contributed by atoms with E-state index in [0.29, 0.717) is 12.6 Å². The van der Waals surface area contributed by atoms with E-state index >= 15 is 0 Å². The highest BCUT2D eigenvalue weighted by Gasteiger charge is 2.28. The molecule has 0 amide bonds. The van der Waals surface area contributed by atoms with E-state index in [4.69, 9.17) is 4.74 Å². The zero-order valence-corrected chi connectivity index (χ0v) is 16.1. The standard InChI is InChI=1S/C22H29NO3/c1-22(2,3)17-12-16(21(25)20(24)13-17)14-23-11-5-6-19(23)15-7-9-18(26-4)10-8-15/h7-10,12-13,19,24-25H,5-6,11,14H2,1-4H3. The van der Waals surface area contributed by atoms with Gasteiger partial charge in [0.15, 0.2) is 11.5 Å². The first-order valence-corrected chi connectivity index (χ1v) is 9.23. The summed E-state index contributed by atoms with van der Waals surface area (Å²) in [5.74, 6) is 0.824. The van der Waals surface area contributed by atoms with Crippen molar-refractivity contribution in [2.45, 2.75) is 51.6 Å². The molecule has 4 heteroatoms. The van der Waals surface area contributed by atoms with Crippen molar-refractivity contribution in [1.82, 2.24) is 4.90 Å². The molecule has 2 N–H and O–H groups in total. The minimum Gasteiger partial charge on any atom is -0.504 e. The summed E-state index contributed by atoms with van der Waals surface area (Å²) < 4.78 is 5.25. The summed E-state index contributed by atoms with van der Waals surface area (Å²) in [4.78, 5) is 2.38. The average molecular weight is 355 g/mol. The van der Waals surface area contributed by atoms with Crippen molar-refractivity contribution in [3.63, 3.8) is 0 Å². The van der Waals surface area contributed by atoms with Gasteiger partial charge < -0.3 is 14.9 Å². The van der Waals surface area contributed by atoms with Gasteiger partial charge in [-0.05, 0) is 54.1 Å². The maximum Gasteiger partial charge on any atom is 0.162 e. The van der Waals surface area contributed by atoms with E-state index in [0.717, 1.165) is 36.3 Å². The fraction of sp³-hybridized carbons (Fsp3) is 0.455. The van der Waals surface area contributed by atoms with Gasteiger partial charge in [-0.15, -0.1) is 0 Å². The first kappa shape index (κ1) is 18.6. The van der Waals surface area contributed by atoms with E-state index in [-0.39, 0.29) is 16.9 Å². The molecule has 1 aliphatic heterocycles. The summed E-state index contributed by atoms with van der Waals surface area (Å²) in [5.41, 5.74) is 3.00. The SMILES string of the molecule is COc1ccc(C2CCCN2Cc2cc(C(C)(C)C)cc(O)c2O)cc1. The van der Waals surface area contributed by atoms with Crippen LogP contribution in [0.1, 0.15) is 56.3 Å². The van der Waals surface area contributed by atoms with Crippen molar-refractivity contribution in [3.8, 4) is 17.2 Å². The van der Waals surface area contributed by atoms with Crippen LogP contribution in [0.2, 0.25) is 0 Å². The predicted octanol–water partition coefficient (Wildman–Crippen LogP) is 4.74. The zero-order chi connectivity index (χ0) is 18.9. The monoisotopic (exact) mass is 355 g/mol. The maximum atomic E-state index is 10.4. The number of likely N-dealkylation sites (tertiary alicyclic amines) is 1. The molecule has 1 heterocycles. The predicted molar refractivity (Wildman–Crippen MR) is 104 cm³/mol. The highest BCUT2D eigenvalue weighted by molar-refractivity contribution is 5.49. The molecule has 4 nitrogen and oxygen atoms in total. The number of ether oxygens (including phenoxy) is 1. The Labute approximate surface area is 156 Å². The van der Waals surface area contributed by atoms with Crippen LogP contribution in [0.3, 0.4) is 0 Å². The fourth-order valence-corrected chi connectivity index (χ4v) is 3.67. The lowest BCUT2D eigenvalue weighted by Gasteiger charge is -2.27. The van der Waals surface area contributed by atoms with Crippen LogP contribution in [-0.2, 0) is 12.0 Å². The fourth-order valence-electron chi connectivity index (χ4n) is 3.67. The molecular weight excluding hydrogens is 326 g/mol. The number of nitrogens with zero attached hydrogens (tertiary/aromatic N) is 1. The molecule has 0 aliphatic carbocycles. The summed E-state index contributed by atoms with van der Waals surface area (Å²) in [6, 6.07) is 12.2. The molecule has 0 radical (unpaired) electrons. The Morgan fingerprint density at radius 1 is 1.12 bits per heavy atom. The number of phenolic OH excluding ortho intramolecular Hbond substituents is 2. The Bertz CT molecular complexity index is 762. The van der Waals surface area contributed by atoms with Gasteiger partial charge in [-0.2, -0.15) is 0 Å². The Balaban J connectivity index is 1.86. The highest BCUT2D eigenvalue weighted by atomic mass is 16.5. The van der Waals surface area contributed by atoms with Crippen LogP contribution >= 0.6 is 0 Å². The van der Waals surface area contributed by atoms with Gasteiger partial charge in [0.1, 0.15) is 5.75 Å². The Kier molecular flexibility index (Phi) is 5.15.